The van der Waals surface area contributed by atoms with Gasteiger partial charge in [-0.3, -0.25) is 0 Å². The lowest BCUT2D eigenvalue weighted by atomic mass is 10.2. The molecule has 0 aliphatic rings. The highest BCUT2D eigenvalue weighted by Crippen LogP contribution is 2.35. The third-order valence-corrected chi connectivity index (χ3v) is 4.04. The summed E-state index contributed by atoms with van der Waals surface area (Å²) in [6.07, 6.45) is -4.56. The first-order chi connectivity index (χ1) is 10.4. The lowest BCUT2D eigenvalue weighted by Gasteiger charge is -2.11. The first-order valence-electron chi connectivity index (χ1n) is 6.52. The normalized spacial score (nSPS) is 11.8. The summed E-state index contributed by atoms with van der Waals surface area (Å²) in [6, 6.07) is 14.3. The number of hydrogen-bond acceptors (Lipinski definition) is 3. The number of alkyl halides is 3. The fraction of sp³-hybridized carbons (Fsp3) is 0.125. The van der Waals surface area contributed by atoms with E-state index in [9.17, 15) is 13.2 Å². The molecule has 0 saturated heterocycles. The van der Waals surface area contributed by atoms with Crippen LogP contribution in [0.15, 0.2) is 58.5 Å². The van der Waals surface area contributed by atoms with E-state index in [4.69, 9.17) is 0 Å². The first-order valence-corrected chi connectivity index (χ1v) is 7.33. The number of benzene rings is 2. The van der Waals surface area contributed by atoms with Crippen molar-refractivity contribution in [1.29, 1.82) is 0 Å². The van der Waals surface area contributed by atoms with Crippen LogP contribution in [-0.2, 0) is 6.18 Å². The van der Waals surface area contributed by atoms with Crippen LogP contribution in [0.2, 0.25) is 0 Å². The van der Waals surface area contributed by atoms with Crippen molar-refractivity contribution in [1.82, 2.24) is 9.97 Å². The molecule has 1 aromatic heterocycles. The predicted molar refractivity (Wildman–Crippen MR) is 79.8 cm³/mol. The zero-order valence-electron chi connectivity index (χ0n) is 11.6. The molecule has 0 aliphatic carbocycles. The molecule has 2 nitrogen and oxygen atoms in total. The third kappa shape index (κ3) is 3.06. The quantitative estimate of drug-likeness (QED) is 0.614. The summed E-state index contributed by atoms with van der Waals surface area (Å²) in [5, 5.41) is 0.939. The van der Waals surface area contributed by atoms with Crippen molar-refractivity contribution in [3.8, 4) is 0 Å². The minimum atomic E-state index is -4.56. The Hall–Kier alpha value is -2.08. The first kappa shape index (κ1) is 14.8. The largest absolute Gasteiger partial charge is 0.451 e. The minimum Gasteiger partial charge on any atom is -0.224 e. The molecule has 0 N–H and O–H groups in total. The average Bonchev–Trinajstić information content (AvgIpc) is 2.47. The van der Waals surface area contributed by atoms with Crippen molar-refractivity contribution < 1.29 is 13.2 Å². The van der Waals surface area contributed by atoms with Crippen molar-refractivity contribution >= 4 is 22.7 Å². The molecule has 22 heavy (non-hydrogen) atoms. The van der Waals surface area contributed by atoms with Crippen molar-refractivity contribution in [2.24, 2.45) is 0 Å². The monoisotopic (exact) mass is 320 g/mol. The van der Waals surface area contributed by atoms with Gasteiger partial charge in [-0.25, -0.2) is 9.97 Å². The summed E-state index contributed by atoms with van der Waals surface area (Å²) in [7, 11) is 0. The third-order valence-electron chi connectivity index (χ3n) is 3.03. The molecule has 0 aliphatic heterocycles. The van der Waals surface area contributed by atoms with Crippen LogP contribution in [0, 0.1) is 6.92 Å². The fourth-order valence-electron chi connectivity index (χ4n) is 2.02. The van der Waals surface area contributed by atoms with Crippen LogP contribution >= 0.6 is 11.8 Å². The Labute approximate surface area is 129 Å². The van der Waals surface area contributed by atoms with E-state index in [0.29, 0.717) is 15.9 Å². The summed E-state index contributed by atoms with van der Waals surface area (Å²) in [4.78, 5) is 8.21. The Balaban J connectivity index is 2.18. The second-order valence-corrected chi connectivity index (χ2v) is 5.85. The smallest absolute Gasteiger partial charge is 0.224 e. The number of fused-ring (bicyclic) bond motifs is 1. The van der Waals surface area contributed by atoms with E-state index in [2.05, 4.69) is 9.97 Å². The number of hydrogen-bond donors (Lipinski definition) is 0. The SMILES string of the molecule is Cc1ccc2nc(C(F)(F)F)nc(Sc3ccccc3)c2c1. The molecule has 2 aromatic carbocycles. The Bertz CT molecular complexity index is 817. The molecule has 0 saturated carbocycles. The number of nitrogens with zero attached hydrogens (tertiary/aromatic N) is 2. The molecular formula is C16H11F3N2S. The van der Waals surface area contributed by atoms with E-state index in [0.717, 1.165) is 10.5 Å². The molecule has 0 fully saturated rings. The maximum Gasteiger partial charge on any atom is 0.451 e. The van der Waals surface area contributed by atoms with Gasteiger partial charge in [-0.05, 0) is 31.2 Å². The number of halogens is 3. The molecule has 1 heterocycles. The van der Waals surface area contributed by atoms with E-state index in [-0.39, 0.29) is 0 Å². The summed E-state index contributed by atoms with van der Waals surface area (Å²) in [6.45, 7) is 1.88. The molecule has 0 atom stereocenters. The van der Waals surface area contributed by atoms with Gasteiger partial charge in [-0.2, -0.15) is 13.2 Å². The van der Waals surface area contributed by atoms with Crippen molar-refractivity contribution in [3.63, 3.8) is 0 Å². The molecule has 3 aromatic rings. The van der Waals surface area contributed by atoms with E-state index < -0.39 is 12.0 Å². The Morgan fingerprint density at radius 3 is 2.36 bits per heavy atom. The minimum absolute atomic E-state index is 0.298. The second kappa shape index (κ2) is 5.61. The van der Waals surface area contributed by atoms with Crippen molar-refractivity contribution in [3.05, 3.63) is 59.9 Å². The molecule has 0 spiro atoms. The Morgan fingerprint density at radius 1 is 0.955 bits per heavy atom. The van der Waals surface area contributed by atoms with Gasteiger partial charge in [-0.15, -0.1) is 0 Å². The molecule has 3 rings (SSSR count). The molecular weight excluding hydrogens is 309 g/mol. The molecule has 112 valence electrons. The summed E-state index contributed by atoms with van der Waals surface area (Å²) < 4.78 is 38.9. The van der Waals surface area contributed by atoms with Crippen LogP contribution in [0.4, 0.5) is 13.2 Å². The Kier molecular flexibility index (Phi) is 3.78. The van der Waals surface area contributed by atoms with Gasteiger partial charge in [0, 0.05) is 10.3 Å². The Morgan fingerprint density at radius 2 is 1.68 bits per heavy atom. The fourth-order valence-corrected chi connectivity index (χ4v) is 2.94. The second-order valence-electron chi connectivity index (χ2n) is 4.79. The summed E-state index contributed by atoms with van der Waals surface area (Å²) in [5.41, 5.74) is 1.25. The van der Waals surface area contributed by atoms with E-state index in [1.807, 2.05) is 37.3 Å². The topological polar surface area (TPSA) is 25.8 Å². The maximum absolute atomic E-state index is 13.0. The molecule has 6 heteroatoms. The van der Waals surface area contributed by atoms with Gasteiger partial charge in [0.15, 0.2) is 0 Å². The van der Waals surface area contributed by atoms with Crippen LogP contribution in [-0.4, -0.2) is 9.97 Å². The zero-order chi connectivity index (χ0) is 15.7. The lowest BCUT2D eigenvalue weighted by Crippen LogP contribution is -2.11. The van der Waals surface area contributed by atoms with Gasteiger partial charge in [0.1, 0.15) is 5.03 Å². The maximum atomic E-state index is 13.0. The zero-order valence-corrected chi connectivity index (χ0v) is 12.4. The van der Waals surface area contributed by atoms with Gasteiger partial charge in [0.25, 0.3) is 0 Å². The summed E-state index contributed by atoms with van der Waals surface area (Å²) >= 11 is 1.20. The number of aryl methyl sites for hydroxylation is 1. The highest BCUT2D eigenvalue weighted by Gasteiger charge is 2.35. The highest BCUT2D eigenvalue weighted by molar-refractivity contribution is 7.99. The summed E-state index contributed by atoms with van der Waals surface area (Å²) in [5.74, 6) is -1.11. The highest BCUT2D eigenvalue weighted by atomic mass is 32.2. The van der Waals surface area contributed by atoms with Gasteiger partial charge in [0.05, 0.1) is 5.52 Å². The van der Waals surface area contributed by atoms with Gasteiger partial charge < -0.3 is 0 Å². The van der Waals surface area contributed by atoms with Crippen LogP contribution in [0.5, 0.6) is 0 Å². The number of aromatic nitrogens is 2. The van der Waals surface area contributed by atoms with Gasteiger partial charge in [0.2, 0.25) is 5.82 Å². The van der Waals surface area contributed by atoms with Crippen LogP contribution in [0.25, 0.3) is 10.9 Å². The molecule has 0 amide bonds. The lowest BCUT2D eigenvalue weighted by molar-refractivity contribution is -0.145. The van der Waals surface area contributed by atoms with Crippen LogP contribution in [0.3, 0.4) is 0 Å². The van der Waals surface area contributed by atoms with Gasteiger partial charge in [-0.1, -0.05) is 41.6 Å². The van der Waals surface area contributed by atoms with E-state index in [1.165, 1.54) is 11.8 Å². The van der Waals surface area contributed by atoms with Crippen molar-refractivity contribution in [2.75, 3.05) is 0 Å². The molecule has 0 unspecified atom stereocenters. The molecule has 0 radical (unpaired) electrons. The van der Waals surface area contributed by atoms with Crippen LogP contribution < -0.4 is 0 Å². The number of rotatable bonds is 2. The van der Waals surface area contributed by atoms with E-state index >= 15 is 0 Å². The van der Waals surface area contributed by atoms with Crippen LogP contribution in [0.1, 0.15) is 11.4 Å². The predicted octanol–water partition coefficient (Wildman–Crippen LogP) is 5.11. The standard InChI is InChI=1S/C16H11F3N2S/c1-10-7-8-13-12(9-10)14(21-15(20-13)16(17,18)19)22-11-5-3-2-4-6-11/h2-9H,1H3. The molecule has 0 bridgehead atoms. The van der Waals surface area contributed by atoms with Gasteiger partial charge >= 0.3 is 6.18 Å². The van der Waals surface area contributed by atoms with E-state index in [1.54, 1.807) is 18.2 Å². The average molecular weight is 320 g/mol. The van der Waals surface area contributed by atoms with Crippen molar-refractivity contribution in [2.45, 2.75) is 23.0 Å².